The minimum Gasteiger partial charge on any atom is -0.451 e. The number of nitrogens with zero attached hydrogens (tertiary/aromatic N) is 4. The third-order valence-corrected chi connectivity index (χ3v) is 8.66. The summed E-state index contributed by atoms with van der Waals surface area (Å²) in [4.78, 5) is 38.5. The Kier molecular flexibility index (Phi) is 12.1. The van der Waals surface area contributed by atoms with E-state index < -0.39 is 58.0 Å². The number of hydrogen-bond donors (Lipinski definition) is 2. The molecule has 0 spiro atoms. The monoisotopic (exact) mass is 634 g/mol. The van der Waals surface area contributed by atoms with E-state index in [4.69, 9.17) is 16.3 Å². The minimum atomic E-state index is -2.29. The number of amides is 4. The minimum absolute atomic E-state index is 0.0849. The van der Waals surface area contributed by atoms with Crippen molar-refractivity contribution in [3.8, 4) is 11.5 Å². The van der Waals surface area contributed by atoms with Gasteiger partial charge in [0.2, 0.25) is 12.3 Å². The number of urea groups is 1. The number of carbonyl (C=O) groups excluding carboxylic acids is 3. The predicted octanol–water partition coefficient (Wildman–Crippen LogP) is 1.48. The van der Waals surface area contributed by atoms with Crippen molar-refractivity contribution in [1.82, 2.24) is 28.4 Å². The highest BCUT2D eigenvalue weighted by Gasteiger charge is 2.25. The summed E-state index contributed by atoms with van der Waals surface area (Å²) < 4.78 is 65.5. The lowest BCUT2D eigenvalue weighted by atomic mass is 10.3. The maximum absolute atomic E-state index is 14.8. The van der Waals surface area contributed by atoms with Crippen molar-refractivity contribution in [2.45, 2.75) is 4.90 Å². The Bertz CT molecular complexity index is 1280. The molecule has 2 N–H and O–H groups in total. The number of halogens is 3. The van der Waals surface area contributed by atoms with Gasteiger partial charge in [0, 0.05) is 51.3 Å². The SMILES string of the molecule is CN1CCN(C(=O)NS(=O)N(C)CCN(CC(=O)NC=O)S(=O)c2cc(F)c(Oc3ccc(Cl)cc3)c(F)c2)CC1. The molecule has 2 aromatic carbocycles. The topological polar surface area (TPSA) is 132 Å². The van der Waals surface area contributed by atoms with Crippen LogP contribution in [0.2, 0.25) is 5.02 Å². The van der Waals surface area contributed by atoms with E-state index in [9.17, 15) is 31.6 Å². The van der Waals surface area contributed by atoms with Crippen LogP contribution in [-0.4, -0.2) is 105 Å². The molecule has 2 atom stereocenters. The zero-order valence-corrected chi connectivity index (χ0v) is 24.6. The molecule has 0 radical (unpaired) electrons. The molecule has 1 aliphatic rings. The van der Waals surface area contributed by atoms with Crippen molar-refractivity contribution in [3.05, 3.63) is 53.1 Å². The zero-order chi connectivity index (χ0) is 30.1. The van der Waals surface area contributed by atoms with Gasteiger partial charge in [-0.25, -0.2) is 35.3 Å². The second kappa shape index (κ2) is 15.3. The Hall–Kier alpha value is -3.02. The van der Waals surface area contributed by atoms with Gasteiger partial charge in [0.15, 0.2) is 28.6 Å². The lowest BCUT2D eigenvalue weighted by Gasteiger charge is -2.32. The first-order valence-electron chi connectivity index (χ1n) is 12.2. The molecule has 1 fully saturated rings. The Balaban J connectivity index is 1.69. The van der Waals surface area contributed by atoms with Crippen LogP contribution in [0.5, 0.6) is 11.5 Å². The van der Waals surface area contributed by atoms with E-state index >= 15 is 0 Å². The average molecular weight is 635 g/mol. The number of ether oxygens (including phenoxy) is 1. The molecule has 0 saturated carbocycles. The molecule has 0 aliphatic carbocycles. The largest absolute Gasteiger partial charge is 0.451 e. The van der Waals surface area contributed by atoms with Gasteiger partial charge in [-0.05, 0) is 43.4 Å². The molecule has 17 heteroatoms. The second-order valence-corrected chi connectivity index (χ2v) is 12.1. The first kappa shape index (κ1) is 32.5. The summed E-state index contributed by atoms with van der Waals surface area (Å²) in [6.07, 6.45) is 0.140. The van der Waals surface area contributed by atoms with Crippen molar-refractivity contribution in [3.63, 3.8) is 0 Å². The van der Waals surface area contributed by atoms with Crippen LogP contribution in [-0.2, 0) is 31.7 Å². The van der Waals surface area contributed by atoms with Crippen molar-refractivity contribution >= 4 is 52.1 Å². The van der Waals surface area contributed by atoms with Crippen molar-refractivity contribution in [1.29, 1.82) is 0 Å². The standard InChI is InChI=1S/C24H29ClF2N6O6S2/c1-30-7-10-32(11-8-30)24(36)29-41(38)31(2)9-12-33(15-22(35)28-16-34)40(37)19-13-20(26)23(21(27)14-19)39-18-5-3-17(25)4-6-18/h3-6,13-14,16H,7-12,15H2,1-2H3,(H,29,36)(H,28,34,35). The van der Waals surface area contributed by atoms with Crippen LogP contribution in [0.1, 0.15) is 0 Å². The lowest BCUT2D eigenvalue weighted by molar-refractivity contribution is -0.125. The Labute approximate surface area is 245 Å². The van der Waals surface area contributed by atoms with Gasteiger partial charge in [-0.3, -0.25) is 14.9 Å². The first-order valence-corrected chi connectivity index (χ1v) is 14.8. The summed E-state index contributed by atoms with van der Waals surface area (Å²) in [5.74, 6) is -3.74. The zero-order valence-electron chi connectivity index (χ0n) is 22.2. The smallest absolute Gasteiger partial charge is 0.330 e. The quantitative estimate of drug-likeness (QED) is 0.338. The van der Waals surface area contributed by atoms with Crippen LogP contribution in [0.15, 0.2) is 41.3 Å². The molecule has 0 bridgehead atoms. The molecule has 41 heavy (non-hydrogen) atoms. The summed E-state index contributed by atoms with van der Waals surface area (Å²) in [5, 5.41) is 2.31. The van der Waals surface area contributed by atoms with Gasteiger partial charge in [-0.2, -0.15) is 0 Å². The molecule has 1 saturated heterocycles. The highest BCUT2D eigenvalue weighted by molar-refractivity contribution is 7.82. The van der Waals surface area contributed by atoms with Crippen LogP contribution in [0.25, 0.3) is 0 Å². The van der Waals surface area contributed by atoms with E-state index in [2.05, 4.69) is 9.62 Å². The van der Waals surface area contributed by atoms with E-state index in [1.54, 1.807) is 0 Å². The third-order valence-electron chi connectivity index (χ3n) is 5.89. The predicted molar refractivity (Wildman–Crippen MR) is 148 cm³/mol. The Morgan fingerprint density at radius 1 is 1.07 bits per heavy atom. The molecular formula is C24H29ClF2N6O6S2. The van der Waals surface area contributed by atoms with Gasteiger partial charge in [-0.1, -0.05) is 11.6 Å². The van der Waals surface area contributed by atoms with Crippen LogP contribution < -0.4 is 14.8 Å². The molecule has 1 aliphatic heterocycles. The lowest BCUT2D eigenvalue weighted by Crippen LogP contribution is -2.52. The van der Waals surface area contributed by atoms with Crippen LogP contribution >= 0.6 is 11.6 Å². The van der Waals surface area contributed by atoms with Crippen molar-refractivity contribution < 1.29 is 36.3 Å². The molecule has 224 valence electrons. The summed E-state index contributed by atoms with van der Waals surface area (Å²) in [7, 11) is 1.06. The van der Waals surface area contributed by atoms with Gasteiger partial charge in [0.25, 0.3) is 0 Å². The fourth-order valence-corrected chi connectivity index (χ4v) is 5.56. The number of imide groups is 1. The number of likely N-dealkylation sites (N-methyl/N-ethyl adjacent to an activating group) is 2. The van der Waals surface area contributed by atoms with Crippen molar-refractivity contribution in [2.24, 2.45) is 0 Å². The Morgan fingerprint density at radius 2 is 1.68 bits per heavy atom. The number of carbonyl (C=O) groups is 3. The summed E-state index contributed by atoms with van der Waals surface area (Å²) in [5.41, 5.74) is 0. The van der Waals surface area contributed by atoms with E-state index in [1.165, 1.54) is 40.5 Å². The van der Waals surface area contributed by atoms with E-state index in [0.29, 0.717) is 31.2 Å². The second-order valence-electron chi connectivity index (χ2n) is 8.87. The highest BCUT2D eigenvalue weighted by atomic mass is 35.5. The molecule has 2 aromatic rings. The van der Waals surface area contributed by atoms with E-state index in [0.717, 1.165) is 16.4 Å². The fraction of sp³-hybridized carbons (Fsp3) is 0.375. The summed E-state index contributed by atoms with van der Waals surface area (Å²) in [6, 6.07) is 6.85. The van der Waals surface area contributed by atoms with E-state index in [1.807, 2.05) is 12.4 Å². The van der Waals surface area contributed by atoms with E-state index in [-0.39, 0.29) is 30.1 Å². The Morgan fingerprint density at radius 3 is 2.27 bits per heavy atom. The molecule has 3 rings (SSSR count). The number of nitrogens with one attached hydrogen (secondary N) is 2. The van der Waals surface area contributed by atoms with Gasteiger partial charge in [0.1, 0.15) is 16.7 Å². The fourth-order valence-electron chi connectivity index (χ4n) is 3.56. The highest BCUT2D eigenvalue weighted by Crippen LogP contribution is 2.30. The van der Waals surface area contributed by atoms with Gasteiger partial charge >= 0.3 is 6.03 Å². The maximum Gasteiger partial charge on any atom is 0.330 e. The van der Waals surface area contributed by atoms with Gasteiger partial charge < -0.3 is 14.5 Å². The van der Waals surface area contributed by atoms with Crippen molar-refractivity contribution in [2.75, 3.05) is 59.9 Å². The molecule has 2 unspecified atom stereocenters. The average Bonchev–Trinajstić information content (AvgIpc) is 2.93. The number of rotatable bonds is 12. The maximum atomic E-state index is 14.8. The molecule has 4 amide bonds. The summed E-state index contributed by atoms with van der Waals surface area (Å²) >= 11 is 3.83. The van der Waals surface area contributed by atoms with Crippen LogP contribution in [0.3, 0.4) is 0 Å². The molecule has 12 nitrogen and oxygen atoms in total. The molecule has 1 heterocycles. The van der Waals surface area contributed by atoms with Crippen LogP contribution in [0, 0.1) is 11.6 Å². The number of piperazine rings is 1. The van der Waals surface area contributed by atoms with Gasteiger partial charge in [-0.15, -0.1) is 0 Å². The molecule has 0 aromatic heterocycles. The number of hydrogen-bond acceptors (Lipinski definition) is 7. The molecular weight excluding hydrogens is 606 g/mol. The first-order chi connectivity index (χ1) is 19.5. The van der Waals surface area contributed by atoms with Gasteiger partial charge in [0.05, 0.1) is 11.4 Å². The summed E-state index contributed by atoms with van der Waals surface area (Å²) in [6.45, 7) is 1.42. The third kappa shape index (κ3) is 9.51. The number of benzene rings is 2. The normalized spacial score (nSPS) is 15.4. The van der Waals surface area contributed by atoms with Crippen LogP contribution in [0.4, 0.5) is 13.6 Å².